The van der Waals surface area contributed by atoms with Crippen LogP contribution in [-0.2, 0) is 10.1 Å². The summed E-state index contributed by atoms with van der Waals surface area (Å²) in [4.78, 5) is 0. The fourth-order valence-electron chi connectivity index (χ4n) is 2.17. The molecule has 0 radical (unpaired) electrons. The average Bonchev–Trinajstić information content (AvgIpc) is 2.26. The van der Waals surface area contributed by atoms with E-state index in [1.165, 1.54) is 0 Å². The summed E-state index contributed by atoms with van der Waals surface area (Å²) in [5.41, 5.74) is 0. The second-order valence-corrected chi connectivity index (χ2v) is 6.70. The van der Waals surface area contributed by atoms with Crippen molar-refractivity contribution in [2.45, 2.75) is 83.0 Å². The minimum absolute atomic E-state index is 0.219. The van der Waals surface area contributed by atoms with Crippen LogP contribution < -0.4 is 0 Å². The highest BCUT2D eigenvalue weighted by Gasteiger charge is 2.21. The Morgan fingerprint density at radius 2 is 1.44 bits per heavy atom. The maximum Gasteiger partial charge on any atom is 0.267 e. The number of aliphatic hydroxyl groups is 1. The number of hydrogen-bond donors (Lipinski definition) is 2. The summed E-state index contributed by atoms with van der Waals surface area (Å²) in [5.74, 6) is 0. The van der Waals surface area contributed by atoms with Gasteiger partial charge in [0, 0.05) is 0 Å². The SMILES string of the molecule is CCCC(O)CCCCCC(CCC)S(=O)(=O)O. The molecule has 0 amide bonds. The van der Waals surface area contributed by atoms with Gasteiger partial charge in [0.1, 0.15) is 0 Å². The molecule has 0 aliphatic rings. The predicted molar refractivity (Wildman–Crippen MR) is 74.2 cm³/mol. The molecule has 18 heavy (non-hydrogen) atoms. The van der Waals surface area contributed by atoms with E-state index in [9.17, 15) is 13.5 Å². The Kier molecular flexibility index (Phi) is 9.68. The summed E-state index contributed by atoms with van der Waals surface area (Å²) in [6.45, 7) is 3.96. The van der Waals surface area contributed by atoms with E-state index in [0.717, 1.165) is 44.9 Å². The molecular formula is C13H28O4S. The summed E-state index contributed by atoms with van der Waals surface area (Å²) in [7, 11) is -3.89. The van der Waals surface area contributed by atoms with Crippen LogP contribution in [0, 0.1) is 0 Å². The molecule has 0 heterocycles. The van der Waals surface area contributed by atoms with Gasteiger partial charge in [-0.1, -0.05) is 46.0 Å². The third-order valence-electron chi connectivity index (χ3n) is 3.22. The van der Waals surface area contributed by atoms with Gasteiger partial charge in [-0.15, -0.1) is 0 Å². The van der Waals surface area contributed by atoms with Crippen molar-refractivity contribution in [3.8, 4) is 0 Å². The minimum Gasteiger partial charge on any atom is -0.393 e. The lowest BCUT2D eigenvalue weighted by Gasteiger charge is -2.13. The topological polar surface area (TPSA) is 74.6 Å². The summed E-state index contributed by atoms with van der Waals surface area (Å²) >= 11 is 0. The zero-order valence-corrected chi connectivity index (χ0v) is 12.5. The molecule has 0 fully saturated rings. The van der Waals surface area contributed by atoms with Crippen molar-refractivity contribution in [2.24, 2.45) is 0 Å². The van der Waals surface area contributed by atoms with Crippen LogP contribution >= 0.6 is 0 Å². The minimum atomic E-state index is -3.89. The van der Waals surface area contributed by atoms with Crippen LogP contribution in [0.15, 0.2) is 0 Å². The van der Waals surface area contributed by atoms with E-state index < -0.39 is 15.4 Å². The zero-order valence-electron chi connectivity index (χ0n) is 11.6. The number of aliphatic hydroxyl groups excluding tert-OH is 1. The van der Waals surface area contributed by atoms with Crippen molar-refractivity contribution >= 4 is 10.1 Å². The Morgan fingerprint density at radius 1 is 0.889 bits per heavy atom. The molecule has 0 aromatic carbocycles. The highest BCUT2D eigenvalue weighted by Crippen LogP contribution is 2.17. The van der Waals surface area contributed by atoms with Gasteiger partial charge >= 0.3 is 0 Å². The van der Waals surface area contributed by atoms with Gasteiger partial charge in [0.05, 0.1) is 11.4 Å². The molecule has 0 aromatic heterocycles. The van der Waals surface area contributed by atoms with Crippen molar-refractivity contribution in [3.63, 3.8) is 0 Å². The Balaban J connectivity index is 3.74. The number of rotatable bonds is 11. The van der Waals surface area contributed by atoms with Crippen molar-refractivity contribution in [2.75, 3.05) is 0 Å². The van der Waals surface area contributed by atoms with E-state index in [0.29, 0.717) is 12.8 Å². The van der Waals surface area contributed by atoms with Crippen LogP contribution in [0.1, 0.15) is 71.6 Å². The monoisotopic (exact) mass is 280 g/mol. The molecule has 0 bridgehead atoms. The maximum absolute atomic E-state index is 11.1. The number of hydrogen-bond acceptors (Lipinski definition) is 3. The van der Waals surface area contributed by atoms with Gasteiger partial charge in [-0.05, 0) is 25.7 Å². The molecule has 110 valence electrons. The second kappa shape index (κ2) is 9.75. The lowest BCUT2D eigenvalue weighted by Crippen LogP contribution is -2.20. The molecule has 2 atom stereocenters. The first-order valence-corrected chi connectivity index (χ1v) is 8.56. The molecule has 4 nitrogen and oxygen atoms in total. The van der Waals surface area contributed by atoms with E-state index in [1.807, 2.05) is 13.8 Å². The first-order valence-electron chi connectivity index (χ1n) is 7.06. The van der Waals surface area contributed by atoms with Crippen LogP contribution in [0.3, 0.4) is 0 Å². The molecule has 0 saturated heterocycles. The summed E-state index contributed by atoms with van der Waals surface area (Å²) in [5, 5.41) is 8.93. The molecule has 2 N–H and O–H groups in total. The number of unbranched alkanes of at least 4 members (excludes halogenated alkanes) is 2. The van der Waals surface area contributed by atoms with Gasteiger partial charge in [0.15, 0.2) is 0 Å². The molecule has 0 aliphatic heterocycles. The van der Waals surface area contributed by atoms with E-state index in [-0.39, 0.29) is 6.10 Å². The smallest absolute Gasteiger partial charge is 0.267 e. The van der Waals surface area contributed by atoms with Crippen LogP contribution in [0.5, 0.6) is 0 Å². The molecule has 0 spiro atoms. The third-order valence-corrected chi connectivity index (χ3v) is 4.53. The predicted octanol–water partition coefficient (Wildman–Crippen LogP) is 3.15. The van der Waals surface area contributed by atoms with Crippen LogP contribution in [0.4, 0.5) is 0 Å². The quantitative estimate of drug-likeness (QED) is 0.450. The largest absolute Gasteiger partial charge is 0.393 e. The molecular weight excluding hydrogens is 252 g/mol. The summed E-state index contributed by atoms with van der Waals surface area (Å²) < 4.78 is 31.2. The van der Waals surface area contributed by atoms with Gasteiger partial charge in [-0.2, -0.15) is 8.42 Å². The molecule has 0 aromatic rings. The Labute approximate surface area is 112 Å². The van der Waals surface area contributed by atoms with E-state index in [4.69, 9.17) is 4.55 Å². The second-order valence-electron chi connectivity index (χ2n) is 5.01. The van der Waals surface area contributed by atoms with Gasteiger partial charge in [-0.3, -0.25) is 4.55 Å². The Hall–Kier alpha value is -0.130. The fraction of sp³-hybridized carbons (Fsp3) is 1.00. The van der Waals surface area contributed by atoms with Crippen LogP contribution in [0.2, 0.25) is 0 Å². The summed E-state index contributed by atoms with van der Waals surface area (Å²) in [6, 6.07) is 0. The molecule has 5 heteroatoms. The van der Waals surface area contributed by atoms with E-state index >= 15 is 0 Å². The third kappa shape index (κ3) is 8.89. The van der Waals surface area contributed by atoms with Crippen molar-refractivity contribution in [1.82, 2.24) is 0 Å². The van der Waals surface area contributed by atoms with E-state index in [2.05, 4.69) is 0 Å². The first kappa shape index (κ1) is 17.9. The normalized spacial score (nSPS) is 15.6. The molecule has 0 rings (SSSR count). The highest BCUT2D eigenvalue weighted by atomic mass is 32.2. The molecule has 0 saturated carbocycles. The Bertz CT molecular complexity index is 287. The average molecular weight is 280 g/mol. The highest BCUT2D eigenvalue weighted by molar-refractivity contribution is 7.86. The van der Waals surface area contributed by atoms with Gasteiger partial charge in [0.25, 0.3) is 10.1 Å². The molecule has 0 aliphatic carbocycles. The van der Waals surface area contributed by atoms with E-state index in [1.54, 1.807) is 0 Å². The standard InChI is InChI=1S/C13H28O4S/c1-3-8-12(14)10-6-5-7-11-13(9-4-2)18(15,16)17/h12-14H,3-11H2,1-2H3,(H,15,16,17). The summed E-state index contributed by atoms with van der Waals surface area (Å²) in [6.07, 6.45) is 6.84. The molecule has 2 unspecified atom stereocenters. The lowest BCUT2D eigenvalue weighted by molar-refractivity contribution is 0.150. The maximum atomic E-state index is 11.1. The zero-order chi connectivity index (χ0) is 14.0. The van der Waals surface area contributed by atoms with Crippen molar-refractivity contribution in [3.05, 3.63) is 0 Å². The van der Waals surface area contributed by atoms with Crippen molar-refractivity contribution in [1.29, 1.82) is 0 Å². The van der Waals surface area contributed by atoms with Gasteiger partial charge < -0.3 is 5.11 Å². The first-order chi connectivity index (χ1) is 8.41. The fourth-order valence-corrected chi connectivity index (χ4v) is 3.17. The van der Waals surface area contributed by atoms with Crippen molar-refractivity contribution < 1.29 is 18.1 Å². The van der Waals surface area contributed by atoms with Gasteiger partial charge in [-0.25, -0.2) is 0 Å². The van der Waals surface area contributed by atoms with Gasteiger partial charge in [0.2, 0.25) is 0 Å². The Morgan fingerprint density at radius 3 is 1.94 bits per heavy atom. The lowest BCUT2D eigenvalue weighted by atomic mass is 10.0. The van der Waals surface area contributed by atoms with Crippen LogP contribution in [-0.4, -0.2) is 29.4 Å². The van der Waals surface area contributed by atoms with Crippen LogP contribution in [0.25, 0.3) is 0 Å².